The molecular formula is C71H102N2O. The Labute approximate surface area is 451 Å². The lowest BCUT2D eigenvalue weighted by Crippen LogP contribution is -2.54. The van der Waals surface area contributed by atoms with Gasteiger partial charge in [0.15, 0.2) is 0 Å². The molecule has 1 aliphatic heterocycles. The fourth-order valence-electron chi connectivity index (χ4n) is 22.3. The van der Waals surface area contributed by atoms with E-state index in [1.165, 1.54) is 230 Å². The fourth-order valence-corrected chi connectivity index (χ4v) is 22.3. The molecule has 13 aliphatic carbocycles. The second-order valence-electron chi connectivity index (χ2n) is 28.6. The molecular weight excluding hydrogens is 897 g/mol. The standard InChI is InChI=1S/C71H102N2O/c1-2-48-24-38-61(39-25-48)74-62-40-32-55(33-41-62)71(56-31-26-49-14-6-8-16-52(49)44-56)67-22-12-10-20-63(67)64-42-37-60(47-68(64)71)72(59-36-29-50-15-7-9-17-53(50)45-59)58-34-27-51(28-35-58)54-30-43-70-66(46-54)65-21-11-13-23-69(65)73(70)57-18-4-3-5-19-57/h2,6,12,14,22,32,38,40,46,48-53,56-60,63,65-67,69-70H,1,3-5,7-11,13,15-21,23-31,33-37,39,41-45,47H2. The summed E-state index contributed by atoms with van der Waals surface area (Å²) in [6.07, 6.45) is 75.7. The van der Waals surface area contributed by atoms with Gasteiger partial charge in [-0.15, -0.1) is 6.58 Å². The molecule has 15 unspecified atom stereocenters. The van der Waals surface area contributed by atoms with Crippen molar-refractivity contribution in [2.24, 2.45) is 70.5 Å². The monoisotopic (exact) mass is 999 g/mol. The van der Waals surface area contributed by atoms with Crippen molar-refractivity contribution < 1.29 is 4.74 Å². The van der Waals surface area contributed by atoms with Gasteiger partial charge in [-0.05, 0) is 244 Å². The molecule has 0 N–H and O–H groups in total. The van der Waals surface area contributed by atoms with Crippen molar-refractivity contribution in [2.75, 3.05) is 0 Å². The van der Waals surface area contributed by atoms with Gasteiger partial charge in [0.2, 0.25) is 0 Å². The van der Waals surface area contributed by atoms with Crippen LogP contribution in [0, 0.1) is 70.5 Å². The molecule has 74 heavy (non-hydrogen) atoms. The van der Waals surface area contributed by atoms with Crippen LogP contribution >= 0.6 is 0 Å². The highest BCUT2D eigenvalue weighted by molar-refractivity contribution is 5.49. The maximum Gasteiger partial charge on any atom is 0.104 e. The van der Waals surface area contributed by atoms with Crippen LogP contribution in [-0.2, 0) is 4.74 Å². The van der Waals surface area contributed by atoms with Gasteiger partial charge >= 0.3 is 0 Å². The summed E-state index contributed by atoms with van der Waals surface area (Å²) in [5, 5.41) is 0. The minimum Gasteiger partial charge on any atom is -0.466 e. The zero-order chi connectivity index (χ0) is 49.2. The highest BCUT2D eigenvalue weighted by Gasteiger charge is 2.61. The van der Waals surface area contributed by atoms with E-state index in [4.69, 9.17) is 4.74 Å². The Morgan fingerprint density at radius 2 is 1.43 bits per heavy atom. The van der Waals surface area contributed by atoms with E-state index in [-0.39, 0.29) is 5.41 Å². The quantitative estimate of drug-likeness (QED) is 0.203. The molecule has 0 radical (unpaired) electrons. The second kappa shape index (κ2) is 21.7. The average molecular weight is 1000 g/mol. The second-order valence-corrected chi connectivity index (χ2v) is 28.6. The zero-order valence-corrected chi connectivity index (χ0v) is 46.7. The van der Waals surface area contributed by atoms with Crippen LogP contribution in [-0.4, -0.2) is 46.1 Å². The van der Waals surface area contributed by atoms with Crippen molar-refractivity contribution in [2.45, 2.75) is 274 Å². The zero-order valence-electron chi connectivity index (χ0n) is 46.7. The van der Waals surface area contributed by atoms with E-state index < -0.39 is 0 Å². The molecule has 0 aromatic carbocycles. The minimum absolute atomic E-state index is 0.185. The lowest BCUT2D eigenvalue weighted by molar-refractivity contribution is -0.00566. The van der Waals surface area contributed by atoms with Crippen LogP contribution in [0.2, 0.25) is 0 Å². The molecule has 14 rings (SSSR count). The van der Waals surface area contributed by atoms with E-state index in [9.17, 15) is 0 Å². The van der Waals surface area contributed by atoms with Gasteiger partial charge in [0.25, 0.3) is 0 Å². The van der Waals surface area contributed by atoms with Gasteiger partial charge in [0.1, 0.15) is 5.76 Å². The normalized spacial score (nSPS) is 44.7. The topological polar surface area (TPSA) is 15.7 Å². The Balaban J connectivity index is 0.768. The Kier molecular flexibility index (Phi) is 14.6. The summed E-state index contributed by atoms with van der Waals surface area (Å²) in [5.74, 6) is 11.6. The number of likely N-dealkylation sites (tertiary alicyclic amines) is 1. The maximum absolute atomic E-state index is 6.83. The number of nitrogens with zero attached hydrogens (tertiary/aromatic N) is 2. The lowest BCUT2D eigenvalue weighted by Gasteiger charge is -2.54. The summed E-state index contributed by atoms with van der Waals surface area (Å²) in [4.78, 5) is 6.66. The molecule has 0 amide bonds. The van der Waals surface area contributed by atoms with Crippen molar-refractivity contribution in [3.05, 3.63) is 95.1 Å². The molecule has 6 saturated carbocycles. The third kappa shape index (κ3) is 9.12. The van der Waals surface area contributed by atoms with E-state index in [1.807, 2.05) is 22.3 Å². The molecule has 1 saturated heterocycles. The van der Waals surface area contributed by atoms with Crippen LogP contribution in [0.5, 0.6) is 0 Å². The summed E-state index contributed by atoms with van der Waals surface area (Å²) in [5.41, 5.74) is 8.00. The average Bonchev–Trinajstić information content (AvgIpc) is 3.97. The number of fused-ring (bicyclic) bond motifs is 7. The van der Waals surface area contributed by atoms with E-state index in [0.29, 0.717) is 11.8 Å². The SMILES string of the molecule is C=CC1CC=C(OC2=CC=C(C3(C4CCC5C=CCCC5C4)C4=C(CCC(N(C5CCC(C6=CC7C8CCCCC8N(C8CCCCC8)C7CC6)CC5)C5CCC6CCCCC6C5)C4)C4CCC=CC43)CC2)CC1. The Morgan fingerprint density at radius 3 is 2.28 bits per heavy atom. The number of ether oxygens (including phenoxy) is 1. The van der Waals surface area contributed by atoms with Crippen LogP contribution in [0.1, 0.15) is 238 Å². The van der Waals surface area contributed by atoms with Gasteiger partial charge in [-0.3, -0.25) is 9.80 Å². The van der Waals surface area contributed by atoms with Crippen LogP contribution < -0.4 is 0 Å². The molecule has 402 valence electrons. The summed E-state index contributed by atoms with van der Waals surface area (Å²) in [6.45, 7) is 4.11. The van der Waals surface area contributed by atoms with Gasteiger partial charge in [0, 0.05) is 54.5 Å². The minimum atomic E-state index is 0.185. The highest BCUT2D eigenvalue weighted by atomic mass is 16.5. The van der Waals surface area contributed by atoms with E-state index in [2.05, 4.69) is 71.1 Å². The van der Waals surface area contributed by atoms with Crippen molar-refractivity contribution >= 4 is 0 Å². The van der Waals surface area contributed by atoms with Gasteiger partial charge in [-0.1, -0.05) is 123 Å². The smallest absolute Gasteiger partial charge is 0.104 e. The van der Waals surface area contributed by atoms with Crippen LogP contribution in [0.4, 0.5) is 0 Å². The van der Waals surface area contributed by atoms with E-state index >= 15 is 0 Å². The Bertz CT molecular complexity index is 2260. The van der Waals surface area contributed by atoms with Crippen LogP contribution in [0.25, 0.3) is 0 Å². The first kappa shape index (κ1) is 49.9. The predicted molar refractivity (Wildman–Crippen MR) is 307 cm³/mol. The van der Waals surface area contributed by atoms with Crippen LogP contribution in [0.3, 0.4) is 0 Å². The maximum atomic E-state index is 6.83. The lowest BCUT2D eigenvalue weighted by atomic mass is 9.51. The van der Waals surface area contributed by atoms with Gasteiger partial charge in [-0.2, -0.15) is 0 Å². The van der Waals surface area contributed by atoms with E-state index in [0.717, 1.165) is 109 Å². The molecule has 0 bridgehead atoms. The third-order valence-corrected chi connectivity index (χ3v) is 25.5. The third-order valence-electron chi connectivity index (χ3n) is 25.5. The first-order chi connectivity index (χ1) is 36.6. The highest BCUT2D eigenvalue weighted by Crippen LogP contribution is 2.69. The van der Waals surface area contributed by atoms with Crippen molar-refractivity contribution in [1.29, 1.82) is 0 Å². The molecule has 1 heterocycles. The number of hydrogen-bond donors (Lipinski definition) is 0. The molecule has 0 aromatic heterocycles. The molecule has 14 aliphatic rings. The molecule has 0 spiro atoms. The fraction of sp³-hybridized carbons (Fsp3) is 0.775. The summed E-state index contributed by atoms with van der Waals surface area (Å²) in [7, 11) is 0. The number of rotatable bonds is 10. The summed E-state index contributed by atoms with van der Waals surface area (Å²) in [6, 6.07) is 4.97. The number of hydrogen-bond acceptors (Lipinski definition) is 3. The predicted octanol–water partition coefficient (Wildman–Crippen LogP) is 18.4. The molecule has 15 atom stereocenters. The molecule has 3 nitrogen and oxygen atoms in total. The van der Waals surface area contributed by atoms with Crippen molar-refractivity contribution in [3.8, 4) is 0 Å². The number of allylic oxidation sites excluding steroid dienone is 13. The first-order valence-corrected chi connectivity index (χ1v) is 33.3. The summed E-state index contributed by atoms with van der Waals surface area (Å²) >= 11 is 0. The molecule has 0 aromatic rings. The molecule has 3 heteroatoms. The van der Waals surface area contributed by atoms with Gasteiger partial charge in [-0.25, -0.2) is 0 Å². The molecule has 7 fully saturated rings. The first-order valence-electron chi connectivity index (χ1n) is 33.3. The van der Waals surface area contributed by atoms with Crippen LogP contribution in [0.15, 0.2) is 95.1 Å². The van der Waals surface area contributed by atoms with Crippen molar-refractivity contribution in [3.63, 3.8) is 0 Å². The van der Waals surface area contributed by atoms with Crippen molar-refractivity contribution in [1.82, 2.24) is 9.80 Å². The summed E-state index contributed by atoms with van der Waals surface area (Å²) < 4.78 is 6.83. The largest absolute Gasteiger partial charge is 0.466 e. The van der Waals surface area contributed by atoms with Gasteiger partial charge in [0.05, 0.1) is 5.76 Å². The Morgan fingerprint density at radius 1 is 0.608 bits per heavy atom. The van der Waals surface area contributed by atoms with E-state index in [1.54, 1.807) is 0 Å². The Hall–Kier alpha value is -2.36. The van der Waals surface area contributed by atoms with Gasteiger partial charge < -0.3 is 4.74 Å².